The second-order valence-corrected chi connectivity index (χ2v) is 4.50. The van der Waals surface area contributed by atoms with Crippen LogP contribution >= 0.6 is 0 Å². The molecular weight excluding hydrogens is 200 g/mol. The Kier molecular flexibility index (Phi) is 10.7. The Morgan fingerprint density at radius 3 is 2.31 bits per heavy atom. The normalized spacial score (nSPS) is 12.4. The van der Waals surface area contributed by atoms with E-state index in [1.54, 1.807) is 0 Å². The summed E-state index contributed by atoms with van der Waals surface area (Å²) < 4.78 is 0. The average molecular weight is 228 g/mol. The fourth-order valence-corrected chi connectivity index (χ4v) is 1.51. The van der Waals surface area contributed by atoms with Gasteiger partial charge in [0, 0.05) is 38.4 Å². The van der Waals surface area contributed by atoms with Gasteiger partial charge in [0.2, 0.25) is 0 Å². The molecule has 4 nitrogen and oxygen atoms in total. The highest BCUT2D eigenvalue weighted by Gasteiger charge is 1.96. The number of hydrogen-bond acceptors (Lipinski definition) is 4. The van der Waals surface area contributed by atoms with Crippen LogP contribution in [0.4, 0.5) is 0 Å². The first-order chi connectivity index (χ1) is 7.66. The van der Waals surface area contributed by atoms with Gasteiger partial charge in [0.1, 0.15) is 0 Å². The summed E-state index contributed by atoms with van der Waals surface area (Å²) in [6.45, 7) is 12.0. The molecule has 0 aromatic rings. The van der Waals surface area contributed by atoms with Crippen molar-refractivity contribution >= 4 is 5.71 Å². The number of nitrogens with two attached hydrogens (primary N) is 1. The van der Waals surface area contributed by atoms with Crippen molar-refractivity contribution < 1.29 is 0 Å². The monoisotopic (exact) mass is 228 g/mol. The smallest absolute Gasteiger partial charge is 0.0513 e. The van der Waals surface area contributed by atoms with Gasteiger partial charge in [-0.3, -0.25) is 4.99 Å². The van der Waals surface area contributed by atoms with E-state index in [-0.39, 0.29) is 0 Å². The molecule has 0 rings (SSSR count). The number of aliphatic imine (C=N–C) groups is 1. The van der Waals surface area contributed by atoms with E-state index in [2.05, 4.69) is 36.4 Å². The van der Waals surface area contributed by atoms with Gasteiger partial charge < -0.3 is 16.4 Å². The molecule has 0 fully saturated rings. The maximum Gasteiger partial charge on any atom is 0.0513 e. The highest BCUT2D eigenvalue weighted by atomic mass is 15.0. The molecule has 0 atom stereocenters. The van der Waals surface area contributed by atoms with Crippen molar-refractivity contribution in [2.24, 2.45) is 16.6 Å². The van der Waals surface area contributed by atoms with E-state index in [1.807, 2.05) is 0 Å². The zero-order valence-electron chi connectivity index (χ0n) is 11.1. The third-order valence-corrected chi connectivity index (χ3v) is 2.17. The molecule has 0 aliphatic rings. The lowest BCUT2D eigenvalue weighted by Gasteiger charge is -2.06. The summed E-state index contributed by atoms with van der Waals surface area (Å²) >= 11 is 0. The fraction of sp³-hybridized carbons (Fsp3) is 0.917. The van der Waals surface area contributed by atoms with Gasteiger partial charge in [-0.05, 0) is 19.3 Å². The molecule has 0 heterocycles. The SMILES string of the molecule is CC(CC(C)C)=NCCNCCNCCN. The number of hydrogen-bond donors (Lipinski definition) is 3. The minimum atomic E-state index is 0.706. The van der Waals surface area contributed by atoms with Crippen LogP contribution in [0.25, 0.3) is 0 Å². The van der Waals surface area contributed by atoms with Crippen LogP contribution in [-0.4, -0.2) is 45.0 Å². The topological polar surface area (TPSA) is 62.4 Å². The minimum Gasteiger partial charge on any atom is -0.329 e. The van der Waals surface area contributed by atoms with Crippen molar-refractivity contribution in [3.8, 4) is 0 Å². The van der Waals surface area contributed by atoms with Crippen LogP contribution in [0.2, 0.25) is 0 Å². The summed E-state index contributed by atoms with van der Waals surface area (Å²) in [5, 5.41) is 6.58. The molecule has 4 N–H and O–H groups in total. The second kappa shape index (κ2) is 11.0. The fourth-order valence-electron chi connectivity index (χ4n) is 1.51. The maximum atomic E-state index is 5.36. The van der Waals surface area contributed by atoms with E-state index in [0.29, 0.717) is 12.5 Å². The Bertz CT molecular complexity index is 178. The summed E-state index contributed by atoms with van der Waals surface area (Å²) in [7, 11) is 0. The molecule has 0 spiro atoms. The predicted molar refractivity (Wildman–Crippen MR) is 72.2 cm³/mol. The van der Waals surface area contributed by atoms with E-state index in [0.717, 1.165) is 39.1 Å². The Labute approximate surface area is 100 Å². The highest BCUT2D eigenvalue weighted by molar-refractivity contribution is 5.82. The van der Waals surface area contributed by atoms with Gasteiger partial charge in [-0.15, -0.1) is 0 Å². The van der Waals surface area contributed by atoms with Crippen LogP contribution in [0.5, 0.6) is 0 Å². The Morgan fingerprint density at radius 2 is 1.75 bits per heavy atom. The highest BCUT2D eigenvalue weighted by Crippen LogP contribution is 2.00. The van der Waals surface area contributed by atoms with Crippen LogP contribution in [0, 0.1) is 5.92 Å². The lowest BCUT2D eigenvalue weighted by Crippen LogP contribution is -2.31. The molecule has 0 unspecified atom stereocenters. The predicted octanol–water partition coefficient (Wildman–Crippen LogP) is 0.631. The summed E-state index contributed by atoms with van der Waals surface area (Å²) in [5.41, 5.74) is 6.63. The van der Waals surface area contributed by atoms with Gasteiger partial charge in [-0.25, -0.2) is 0 Å². The van der Waals surface area contributed by atoms with Gasteiger partial charge in [0.15, 0.2) is 0 Å². The van der Waals surface area contributed by atoms with Crippen molar-refractivity contribution in [3.63, 3.8) is 0 Å². The molecular formula is C12H28N4. The zero-order valence-corrected chi connectivity index (χ0v) is 11.1. The van der Waals surface area contributed by atoms with E-state index in [1.165, 1.54) is 5.71 Å². The maximum absolute atomic E-state index is 5.36. The summed E-state index contributed by atoms with van der Waals surface area (Å²) in [6.07, 6.45) is 1.11. The van der Waals surface area contributed by atoms with E-state index in [4.69, 9.17) is 5.73 Å². The van der Waals surface area contributed by atoms with Gasteiger partial charge in [0.05, 0.1) is 6.54 Å². The van der Waals surface area contributed by atoms with Crippen molar-refractivity contribution in [3.05, 3.63) is 0 Å². The van der Waals surface area contributed by atoms with Gasteiger partial charge in [0.25, 0.3) is 0 Å². The first-order valence-corrected chi connectivity index (χ1v) is 6.28. The first kappa shape index (κ1) is 15.6. The lowest BCUT2D eigenvalue weighted by atomic mass is 10.1. The van der Waals surface area contributed by atoms with Gasteiger partial charge in [-0.1, -0.05) is 13.8 Å². The molecule has 0 aliphatic carbocycles. The number of rotatable bonds is 10. The van der Waals surface area contributed by atoms with Crippen molar-refractivity contribution in [1.29, 1.82) is 0 Å². The second-order valence-electron chi connectivity index (χ2n) is 4.50. The van der Waals surface area contributed by atoms with Crippen LogP contribution in [0.15, 0.2) is 4.99 Å². The minimum absolute atomic E-state index is 0.706. The molecule has 0 saturated carbocycles. The number of nitrogens with zero attached hydrogens (tertiary/aromatic N) is 1. The third-order valence-electron chi connectivity index (χ3n) is 2.17. The largest absolute Gasteiger partial charge is 0.329 e. The van der Waals surface area contributed by atoms with Crippen molar-refractivity contribution in [1.82, 2.24) is 10.6 Å². The van der Waals surface area contributed by atoms with Crippen LogP contribution in [0.3, 0.4) is 0 Å². The third kappa shape index (κ3) is 11.6. The molecule has 0 aromatic carbocycles. The Hall–Kier alpha value is -0.450. The first-order valence-electron chi connectivity index (χ1n) is 6.28. The van der Waals surface area contributed by atoms with Gasteiger partial charge in [-0.2, -0.15) is 0 Å². The van der Waals surface area contributed by atoms with Crippen LogP contribution in [0.1, 0.15) is 27.2 Å². The molecule has 0 amide bonds. The average Bonchev–Trinajstić information content (AvgIpc) is 2.21. The molecule has 96 valence electrons. The van der Waals surface area contributed by atoms with E-state index >= 15 is 0 Å². The quantitative estimate of drug-likeness (QED) is 0.380. The van der Waals surface area contributed by atoms with Crippen LogP contribution in [-0.2, 0) is 0 Å². The lowest BCUT2D eigenvalue weighted by molar-refractivity contribution is 0.617. The molecule has 4 heteroatoms. The molecule has 0 bridgehead atoms. The Balaban J connectivity index is 3.25. The molecule has 0 aliphatic heterocycles. The standard InChI is InChI=1S/C12H28N4/c1-11(2)10-12(3)16-9-8-15-7-6-14-5-4-13/h11,14-15H,4-10,13H2,1-3H3. The van der Waals surface area contributed by atoms with Crippen molar-refractivity contribution in [2.45, 2.75) is 27.2 Å². The molecule has 16 heavy (non-hydrogen) atoms. The van der Waals surface area contributed by atoms with Crippen LogP contribution < -0.4 is 16.4 Å². The number of nitrogens with one attached hydrogen (secondary N) is 2. The zero-order chi connectivity index (χ0) is 12.2. The van der Waals surface area contributed by atoms with Gasteiger partial charge >= 0.3 is 0 Å². The Morgan fingerprint density at radius 1 is 1.12 bits per heavy atom. The van der Waals surface area contributed by atoms with E-state index in [9.17, 15) is 0 Å². The summed E-state index contributed by atoms with van der Waals surface area (Å²) in [6, 6.07) is 0. The summed E-state index contributed by atoms with van der Waals surface area (Å²) in [5.74, 6) is 0.706. The van der Waals surface area contributed by atoms with Crippen molar-refractivity contribution in [2.75, 3.05) is 39.3 Å². The summed E-state index contributed by atoms with van der Waals surface area (Å²) in [4.78, 5) is 4.51. The molecule has 0 saturated heterocycles. The van der Waals surface area contributed by atoms with E-state index < -0.39 is 0 Å². The molecule has 0 radical (unpaired) electrons. The molecule has 0 aromatic heterocycles.